The summed E-state index contributed by atoms with van der Waals surface area (Å²) in [6.45, 7) is 1.78. The van der Waals surface area contributed by atoms with E-state index in [0.717, 1.165) is 31.2 Å². The number of rotatable bonds is 7. The lowest BCUT2D eigenvalue weighted by Crippen LogP contribution is -2.41. The molecule has 1 atom stereocenters. The number of aromatic nitrogens is 1. The van der Waals surface area contributed by atoms with Crippen LogP contribution in [-0.2, 0) is 11.3 Å². The Labute approximate surface area is 182 Å². The number of hydrogen-bond donors (Lipinski definition) is 1. The SMILES string of the molecule is CCC(c1ccc(F)cc1)N(C)C(=O)Cn1cccc(C(=O)NC2CCCCC2)c1=O. The highest BCUT2D eigenvalue weighted by atomic mass is 19.1. The summed E-state index contributed by atoms with van der Waals surface area (Å²) in [5.74, 6) is -0.977. The van der Waals surface area contributed by atoms with Gasteiger partial charge in [-0.05, 0) is 49.1 Å². The number of nitrogens with zero attached hydrogens (tertiary/aromatic N) is 2. The first kappa shape index (κ1) is 22.7. The Morgan fingerprint density at radius 1 is 1.16 bits per heavy atom. The van der Waals surface area contributed by atoms with Crippen molar-refractivity contribution >= 4 is 11.8 Å². The van der Waals surface area contributed by atoms with Gasteiger partial charge >= 0.3 is 0 Å². The lowest BCUT2D eigenvalue weighted by molar-refractivity contribution is -0.132. The van der Waals surface area contributed by atoms with E-state index in [1.807, 2.05) is 6.92 Å². The molecule has 1 heterocycles. The third-order valence-corrected chi connectivity index (χ3v) is 6.01. The number of carbonyl (C=O) groups excluding carboxylic acids is 2. The number of nitrogens with one attached hydrogen (secondary N) is 1. The molecule has 3 rings (SSSR count). The van der Waals surface area contributed by atoms with Crippen molar-refractivity contribution in [2.45, 2.75) is 64.1 Å². The lowest BCUT2D eigenvalue weighted by Gasteiger charge is -2.28. The summed E-state index contributed by atoms with van der Waals surface area (Å²) in [7, 11) is 1.67. The van der Waals surface area contributed by atoms with Gasteiger partial charge in [0.1, 0.15) is 17.9 Å². The van der Waals surface area contributed by atoms with Crippen LogP contribution in [0.3, 0.4) is 0 Å². The first-order valence-corrected chi connectivity index (χ1v) is 10.9. The number of carbonyl (C=O) groups is 2. The van der Waals surface area contributed by atoms with Gasteiger partial charge in [0.25, 0.3) is 11.5 Å². The highest BCUT2D eigenvalue weighted by molar-refractivity contribution is 5.94. The number of hydrogen-bond acceptors (Lipinski definition) is 3. The second-order valence-electron chi connectivity index (χ2n) is 8.14. The largest absolute Gasteiger partial charge is 0.349 e. The Morgan fingerprint density at radius 3 is 2.48 bits per heavy atom. The van der Waals surface area contributed by atoms with Crippen LogP contribution < -0.4 is 10.9 Å². The number of halogens is 1. The summed E-state index contributed by atoms with van der Waals surface area (Å²) in [6.07, 6.45) is 7.36. The zero-order valence-electron chi connectivity index (χ0n) is 18.1. The number of amides is 2. The van der Waals surface area contributed by atoms with Crippen LogP contribution in [-0.4, -0.2) is 34.4 Å². The van der Waals surface area contributed by atoms with Crippen LogP contribution in [0.1, 0.15) is 67.4 Å². The minimum atomic E-state index is -0.479. The average molecular weight is 428 g/mol. The molecule has 31 heavy (non-hydrogen) atoms. The molecule has 1 aliphatic carbocycles. The normalized spacial score (nSPS) is 15.3. The zero-order valence-corrected chi connectivity index (χ0v) is 18.1. The van der Waals surface area contributed by atoms with Gasteiger partial charge in [0.2, 0.25) is 5.91 Å². The summed E-state index contributed by atoms with van der Waals surface area (Å²) in [6, 6.07) is 9.04. The molecular weight excluding hydrogens is 397 g/mol. The molecule has 1 saturated carbocycles. The van der Waals surface area contributed by atoms with Crippen molar-refractivity contribution in [1.82, 2.24) is 14.8 Å². The molecule has 1 fully saturated rings. The number of likely N-dealkylation sites (N-methyl/N-ethyl adjacent to an activating group) is 1. The van der Waals surface area contributed by atoms with E-state index in [2.05, 4.69) is 5.32 Å². The van der Waals surface area contributed by atoms with Crippen molar-refractivity contribution < 1.29 is 14.0 Å². The third-order valence-electron chi connectivity index (χ3n) is 6.01. The van der Waals surface area contributed by atoms with Crippen LogP contribution in [0, 0.1) is 5.82 Å². The van der Waals surface area contributed by atoms with E-state index in [1.54, 1.807) is 30.1 Å². The van der Waals surface area contributed by atoms with Gasteiger partial charge in [-0.15, -0.1) is 0 Å². The van der Waals surface area contributed by atoms with Crippen LogP contribution in [0.2, 0.25) is 0 Å². The molecule has 1 N–H and O–H groups in total. The Kier molecular flexibility index (Phi) is 7.60. The number of benzene rings is 1. The predicted molar refractivity (Wildman–Crippen MR) is 117 cm³/mol. The monoisotopic (exact) mass is 427 g/mol. The summed E-state index contributed by atoms with van der Waals surface area (Å²) in [5.41, 5.74) is 0.397. The average Bonchev–Trinajstić information content (AvgIpc) is 2.77. The van der Waals surface area contributed by atoms with Crippen LogP contribution >= 0.6 is 0 Å². The molecule has 1 aromatic carbocycles. The van der Waals surface area contributed by atoms with Gasteiger partial charge in [-0.2, -0.15) is 0 Å². The van der Waals surface area contributed by atoms with Gasteiger partial charge in [0, 0.05) is 19.3 Å². The summed E-state index contributed by atoms with van der Waals surface area (Å²) in [5, 5.41) is 2.95. The molecular formula is C24H30FN3O3. The molecule has 166 valence electrons. The molecule has 2 aromatic rings. The van der Waals surface area contributed by atoms with Gasteiger partial charge in [-0.3, -0.25) is 14.4 Å². The van der Waals surface area contributed by atoms with E-state index in [1.165, 1.54) is 35.4 Å². The van der Waals surface area contributed by atoms with Crippen molar-refractivity contribution in [3.05, 3.63) is 69.9 Å². The summed E-state index contributed by atoms with van der Waals surface area (Å²) < 4.78 is 14.5. The topological polar surface area (TPSA) is 71.4 Å². The molecule has 1 aliphatic rings. The lowest BCUT2D eigenvalue weighted by atomic mass is 9.95. The maximum Gasteiger partial charge on any atom is 0.263 e. The van der Waals surface area contributed by atoms with Crippen molar-refractivity contribution in [3.8, 4) is 0 Å². The smallest absolute Gasteiger partial charge is 0.263 e. The van der Waals surface area contributed by atoms with Crippen LogP contribution in [0.15, 0.2) is 47.4 Å². The van der Waals surface area contributed by atoms with Gasteiger partial charge in [-0.1, -0.05) is 38.3 Å². The highest BCUT2D eigenvalue weighted by Gasteiger charge is 2.23. The fourth-order valence-electron chi connectivity index (χ4n) is 4.19. The molecule has 0 radical (unpaired) electrons. The van der Waals surface area contributed by atoms with E-state index >= 15 is 0 Å². The molecule has 7 heteroatoms. The van der Waals surface area contributed by atoms with E-state index in [4.69, 9.17) is 0 Å². The molecule has 0 saturated heterocycles. The quantitative estimate of drug-likeness (QED) is 0.733. The second-order valence-corrected chi connectivity index (χ2v) is 8.14. The molecule has 0 spiro atoms. The van der Waals surface area contributed by atoms with Crippen LogP contribution in [0.5, 0.6) is 0 Å². The Bertz CT molecular complexity index is 965. The zero-order chi connectivity index (χ0) is 22.4. The molecule has 6 nitrogen and oxygen atoms in total. The number of pyridine rings is 1. The molecule has 2 amide bonds. The van der Waals surface area contributed by atoms with Crippen LogP contribution in [0.4, 0.5) is 4.39 Å². The van der Waals surface area contributed by atoms with E-state index in [0.29, 0.717) is 6.42 Å². The van der Waals surface area contributed by atoms with Gasteiger partial charge < -0.3 is 14.8 Å². The van der Waals surface area contributed by atoms with Crippen molar-refractivity contribution in [2.24, 2.45) is 0 Å². The Balaban J connectivity index is 1.71. The fraction of sp³-hybridized carbons (Fsp3) is 0.458. The minimum absolute atomic E-state index is 0.0501. The Hall–Kier alpha value is -2.96. The van der Waals surface area contributed by atoms with Crippen LogP contribution in [0.25, 0.3) is 0 Å². The maximum absolute atomic E-state index is 13.2. The van der Waals surface area contributed by atoms with Crippen molar-refractivity contribution in [2.75, 3.05) is 7.05 Å². The van der Waals surface area contributed by atoms with Gasteiger partial charge in [-0.25, -0.2) is 4.39 Å². The fourth-order valence-corrected chi connectivity index (χ4v) is 4.19. The molecule has 0 aliphatic heterocycles. The summed E-state index contributed by atoms with van der Waals surface area (Å²) >= 11 is 0. The minimum Gasteiger partial charge on any atom is -0.349 e. The molecule has 0 bridgehead atoms. The first-order valence-electron chi connectivity index (χ1n) is 10.9. The van der Waals surface area contributed by atoms with E-state index < -0.39 is 5.56 Å². The first-order chi connectivity index (χ1) is 14.9. The predicted octanol–water partition coefficient (Wildman–Crippen LogP) is 3.66. The molecule has 1 aromatic heterocycles. The van der Waals surface area contributed by atoms with Gasteiger partial charge in [0.15, 0.2) is 0 Å². The highest BCUT2D eigenvalue weighted by Crippen LogP contribution is 2.23. The van der Waals surface area contributed by atoms with Gasteiger partial charge in [0.05, 0.1) is 6.04 Å². The Morgan fingerprint density at radius 2 is 1.84 bits per heavy atom. The van der Waals surface area contributed by atoms with Crippen molar-refractivity contribution in [3.63, 3.8) is 0 Å². The van der Waals surface area contributed by atoms with E-state index in [9.17, 15) is 18.8 Å². The second kappa shape index (κ2) is 10.4. The third kappa shape index (κ3) is 5.60. The standard InChI is InChI=1S/C24H30FN3O3/c1-3-21(17-11-13-18(25)14-12-17)27(2)22(29)16-28-15-7-10-20(24(28)31)23(30)26-19-8-5-4-6-9-19/h7,10-15,19,21H,3-6,8-9,16H2,1-2H3,(H,26,30). The van der Waals surface area contributed by atoms with Crippen molar-refractivity contribution in [1.29, 1.82) is 0 Å². The maximum atomic E-state index is 13.2. The van der Waals surface area contributed by atoms with E-state index in [-0.39, 0.29) is 41.8 Å². The summed E-state index contributed by atoms with van der Waals surface area (Å²) in [4.78, 5) is 39.9. The molecule has 1 unspecified atom stereocenters.